The molecule has 0 spiro atoms. The number of benzene rings is 2. The largest absolute Gasteiger partial charge is 0.489 e. The van der Waals surface area contributed by atoms with E-state index in [9.17, 15) is 9.18 Å². The Balaban J connectivity index is 1.48. The minimum atomic E-state index is -0.698. The van der Waals surface area contributed by atoms with Crippen molar-refractivity contribution in [3.63, 3.8) is 0 Å². The average molecular weight is 377 g/mol. The van der Waals surface area contributed by atoms with E-state index in [0.717, 1.165) is 22.0 Å². The normalized spacial score (nSPS) is 24.0. The van der Waals surface area contributed by atoms with Crippen molar-refractivity contribution in [3.8, 4) is 5.75 Å². The molecule has 1 fully saturated rings. The Hall–Kier alpha value is -1.88. The topological polar surface area (TPSA) is 46.5 Å². The van der Waals surface area contributed by atoms with Crippen LogP contribution in [0.2, 0.25) is 0 Å². The van der Waals surface area contributed by atoms with Crippen LogP contribution in [0.4, 0.5) is 4.39 Å². The van der Waals surface area contributed by atoms with Crippen LogP contribution in [0, 0.1) is 17.7 Å². The summed E-state index contributed by atoms with van der Waals surface area (Å²) in [6.45, 7) is 0.161. The van der Waals surface area contributed by atoms with Crippen molar-refractivity contribution in [2.45, 2.75) is 18.9 Å². The highest BCUT2D eigenvalue weighted by molar-refractivity contribution is 9.10. The summed E-state index contributed by atoms with van der Waals surface area (Å²) >= 11 is 3.32. The van der Waals surface area contributed by atoms with Crippen LogP contribution < -0.4 is 4.74 Å². The lowest BCUT2D eigenvalue weighted by Gasteiger charge is -2.11. The molecule has 2 aromatic carbocycles. The second kappa shape index (κ2) is 5.34. The number of hydrogen-bond donors (Lipinski definition) is 1. The van der Waals surface area contributed by atoms with E-state index in [2.05, 4.69) is 15.9 Å². The second-order valence-corrected chi connectivity index (χ2v) is 7.06. The first-order chi connectivity index (χ1) is 11.0. The summed E-state index contributed by atoms with van der Waals surface area (Å²) in [7, 11) is 0. The van der Waals surface area contributed by atoms with Gasteiger partial charge < -0.3 is 9.84 Å². The molecule has 3 unspecified atom stereocenters. The smallest absolute Gasteiger partial charge is 0.307 e. The molecule has 0 saturated heterocycles. The number of fused-ring (bicyclic) bond motifs is 3. The molecule has 2 aromatic rings. The fourth-order valence-corrected chi connectivity index (χ4v) is 4.04. The van der Waals surface area contributed by atoms with Gasteiger partial charge in [-0.2, -0.15) is 0 Å². The zero-order chi connectivity index (χ0) is 16.1. The Morgan fingerprint density at radius 3 is 2.91 bits per heavy atom. The maximum absolute atomic E-state index is 13.7. The second-order valence-electron chi connectivity index (χ2n) is 6.14. The van der Waals surface area contributed by atoms with E-state index in [1.54, 1.807) is 12.1 Å². The van der Waals surface area contributed by atoms with Crippen LogP contribution in [0.15, 0.2) is 40.9 Å². The number of hydrogen-bond acceptors (Lipinski definition) is 2. The molecule has 1 saturated carbocycles. The van der Waals surface area contributed by atoms with E-state index in [0.29, 0.717) is 11.3 Å². The first kappa shape index (κ1) is 14.7. The zero-order valence-electron chi connectivity index (χ0n) is 12.1. The Morgan fingerprint density at radius 1 is 1.30 bits per heavy atom. The van der Waals surface area contributed by atoms with E-state index >= 15 is 0 Å². The van der Waals surface area contributed by atoms with Gasteiger partial charge in [-0.15, -0.1) is 0 Å². The highest BCUT2D eigenvalue weighted by atomic mass is 79.9. The quantitative estimate of drug-likeness (QED) is 0.872. The van der Waals surface area contributed by atoms with Crippen molar-refractivity contribution in [3.05, 3.63) is 63.4 Å². The highest BCUT2D eigenvalue weighted by Gasteiger charge is 2.59. The Labute approximate surface area is 141 Å². The summed E-state index contributed by atoms with van der Waals surface area (Å²) in [6.07, 6.45) is 0.791. The Bertz CT molecular complexity index is 805. The maximum Gasteiger partial charge on any atom is 0.307 e. The number of rotatable bonds is 4. The fourth-order valence-electron chi connectivity index (χ4n) is 3.63. The number of carboxylic acid groups (broad SMARTS) is 1. The van der Waals surface area contributed by atoms with E-state index in [4.69, 9.17) is 9.84 Å². The number of aliphatic carboxylic acids is 1. The third kappa shape index (κ3) is 2.53. The lowest BCUT2D eigenvalue weighted by atomic mass is 10.0. The van der Waals surface area contributed by atoms with Crippen LogP contribution in [0.5, 0.6) is 5.75 Å². The molecule has 1 N–H and O–H groups in total. The van der Waals surface area contributed by atoms with Gasteiger partial charge in [0, 0.05) is 16.0 Å². The third-order valence-electron chi connectivity index (χ3n) is 4.78. The SMILES string of the molecule is O=C(O)C1C2Cc3cc(OCc4cc(Br)ccc4F)ccc3C21. The molecule has 118 valence electrons. The molecule has 0 radical (unpaired) electrons. The van der Waals surface area contributed by atoms with Gasteiger partial charge in [0.2, 0.25) is 0 Å². The van der Waals surface area contributed by atoms with Crippen molar-refractivity contribution in [1.82, 2.24) is 0 Å². The van der Waals surface area contributed by atoms with Gasteiger partial charge in [0.1, 0.15) is 18.2 Å². The molecular weight excluding hydrogens is 363 g/mol. The number of carbonyl (C=O) groups is 1. The molecule has 3 nitrogen and oxygen atoms in total. The van der Waals surface area contributed by atoms with Gasteiger partial charge >= 0.3 is 5.97 Å². The molecule has 0 aliphatic heterocycles. The van der Waals surface area contributed by atoms with Crippen LogP contribution in [-0.2, 0) is 17.8 Å². The third-order valence-corrected chi connectivity index (χ3v) is 5.28. The molecule has 2 aliphatic rings. The predicted octanol–water partition coefficient (Wildman–Crippen LogP) is 4.14. The first-order valence-corrected chi connectivity index (χ1v) is 8.26. The standard InChI is InChI=1S/C18H14BrFO3/c19-11-1-4-15(20)10(5-11)8-23-12-2-3-13-9(6-12)7-14-16(13)17(14)18(21)22/h1-6,14,16-17H,7-8H2,(H,21,22). The van der Waals surface area contributed by atoms with Gasteiger partial charge in [0.15, 0.2) is 0 Å². The molecule has 4 rings (SSSR count). The lowest BCUT2D eigenvalue weighted by Crippen LogP contribution is -2.05. The summed E-state index contributed by atoms with van der Waals surface area (Å²) in [5.41, 5.74) is 2.78. The van der Waals surface area contributed by atoms with Crippen molar-refractivity contribution in [1.29, 1.82) is 0 Å². The average Bonchev–Trinajstić information content (AvgIpc) is 3.11. The Morgan fingerprint density at radius 2 is 2.13 bits per heavy atom. The zero-order valence-corrected chi connectivity index (χ0v) is 13.7. The minimum Gasteiger partial charge on any atom is -0.489 e. The molecule has 0 heterocycles. The van der Waals surface area contributed by atoms with Crippen LogP contribution in [0.3, 0.4) is 0 Å². The Kier molecular flexibility index (Phi) is 3.41. The van der Waals surface area contributed by atoms with Gasteiger partial charge in [-0.3, -0.25) is 4.79 Å². The number of ether oxygens (including phenoxy) is 1. The molecule has 3 atom stereocenters. The predicted molar refractivity (Wildman–Crippen MR) is 85.9 cm³/mol. The van der Waals surface area contributed by atoms with E-state index in [1.165, 1.54) is 6.07 Å². The van der Waals surface area contributed by atoms with Crippen LogP contribution in [-0.4, -0.2) is 11.1 Å². The summed E-state index contributed by atoms with van der Waals surface area (Å²) in [5, 5.41) is 9.13. The van der Waals surface area contributed by atoms with E-state index in [-0.39, 0.29) is 30.2 Å². The summed E-state index contributed by atoms with van der Waals surface area (Å²) in [5.74, 6) is -0.114. The molecule has 5 heteroatoms. The van der Waals surface area contributed by atoms with Crippen LogP contribution in [0.25, 0.3) is 0 Å². The maximum atomic E-state index is 13.7. The van der Waals surface area contributed by atoms with Gasteiger partial charge in [-0.1, -0.05) is 22.0 Å². The molecule has 23 heavy (non-hydrogen) atoms. The van der Waals surface area contributed by atoms with Crippen molar-refractivity contribution in [2.24, 2.45) is 11.8 Å². The molecule has 0 bridgehead atoms. The van der Waals surface area contributed by atoms with Gasteiger partial charge in [0.25, 0.3) is 0 Å². The van der Waals surface area contributed by atoms with Crippen molar-refractivity contribution < 1.29 is 19.0 Å². The summed E-state index contributed by atoms with van der Waals surface area (Å²) < 4.78 is 20.2. The molecular formula is C18H14BrFO3. The van der Waals surface area contributed by atoms with Crippen molar-refractivity contribution >= 4 is 21.9 Å². The molecule has 2 aliphatic carbocycles. The highest BCUT2D eigenvalue weighted by Crippen LogP contribution is 2.61. The fraction of sp³-hybridized carbons (Fsp3) is 0.278. The number of carboxylic acids is 1. The number of halogens is 2. The van der Waals surface area contributed by atoms with Crippen molar-refractivity contribution in [2.75, 3.05) is 0 Å². The lowest BCUT2D eigenvalue weighted by molar-refractivity contribution is -0.139. The summed E-state index contributed by atoms with van der Waals surface area (Å²) in [4.78, 5) is 11.1. The molecule has 0 aromatic heterocycles. The minimum absolute atomic E-state index is 0.161. The van der Waals surface area contributed by atoms with Crippen LogP contribution >= 0.6 is 15.9 Å². The van der Waals surface area contributed by atoms with Gasteiger partial charge in [-0.05, 0) is 53.8 Å². The van der Waals surface area contributed by atoms with Crippen LogP contribution in [0.1, 0.15) is 22.6 Å². The monoisotopic (exact) mass is 376 g/mol. The first-order valence-electron chi connectivity index (χ1n) is 7.47. The summed E-state index contributed by atoms with van der Waals surface area (Å²) in [6, 6.07) is 10.5. The van der Waals surface area contributed by atoms with E-state index in [1.807, 2.05) is 18.2 Å². The van der Waals surface area contributed by atoms with E-state index < -0.39 is 5.97 Å². The van der Waals surface area contributed by atoms with Gasteiger partial charge in [0.05, 0.1) is 5.92 Å². The van der Waals surface area contributed by atoms with Gasteiger partial charge in [-0.25, -0.2) is 4.39 Å². The molecule has 0 amide bonds.